The summed E-state index contributed by atoms with van der Waals surface area (Å²) in [4.78, 5) is 0. The van der Waals surface area contributed by atoms with E-state index >= 15 is 0 Å². The number of hydrogen-bond acceptors (Lipinski definition) is 1. The lowest BCUT2D eigenvalue weighted by Crippen LogP contribution is -1.96. The maximum absolute atomic E-state index is 14.0. The number of halogens is 1. The Morgan fingerprint density at radius 3 is 2.75 bits per heavy atom. The van der Waals surface area contributed by atoms with Crippen molar-refractivity contribution in [1.82, 2.24) is 0 Å². The largest absolute Gasteiger partial charge is 0.330 e. The molecule has 0 saturated heterocycles. The van der Waals surface area contributed by atoms with Crippen molar-refractivity contribution in [3.8, 4) is 11.8 Å². The third-order valence-electron chi connectivity index (χ3n) is 3.04. The van der Waals surface area contributed by atoms with Crippen LogP contribution in [0.4, 0.5) is 4.39 Å². The van der Waals surface area contributed by atoms with Gasteiger partial charge in [0.2, 0.25) is 0 Å². The number of nitrogens with two attached hydrogens (primary N) is 1. The van der Waals surface area contributed by atoms with E-state index in [1.54, 1.807) is 12.1 Å². The van der Waals surface area contributed by atoms with Gasteiger partial charge in [0.25, 0.3) is 0 Å². The van der Waals surface area contributed by atoms with E-state index in [1.165, 1.54) is 5.57 Å². The first kappa shape index (κ1) is 16.5. The molecule has 20 heavy (non-hydrogen) atoms. The van der Waals surface area contributed by atoms with Crippen LogP contribution in [0.2, 0.25) is 0 Å². The highest BCUT2D eigenvalue weighted by Crippen LogP contribution is 2.22. The molecule has 0 spiro atoms. The van der Waals surface area contributed by atoms with E-state index in [9.17, 15) is 4.39 Å². The fourth-order valence-corrected chi connectivity index (χ4v) is 2.04. The van der Waals surface area contributed by atoms with Gasteiger partial charge in [0.05, 0.1) is 5.56 Å². The average molecular weight is 273 g/mol. The molecule has 2 N–H and O–H groups in total. The topological polar surface area (TPSA) is 26.0 Å². The summed E-state index contributed by atoms with van der Waals surface area (Å²) in [6, 6.07) is 5.34. The summed E-state index contributed by atoms with van der Waals surface area (Å²) in [5.74, 6) is 5.60. The molecule has 0 aromatic heterocycles. The number of rotatable bonds is 6. The smallest absolute Gasteiger partial charge is 0.139 e. The highest BCUT2D eigenvalue weighted by Gasteiger charge is 2.05. The van der Waals surface area contributed by atoms with Gasteiger partial charge in [0, 0.05) is 6.42 Å². The van der Waals surface area contributed by atoms with Gasteiger partial charge in [-0.25, -0.2) is 4.39 Å². The zero-order valence-electron chi connectivity index (χ0n) is 12.5. The van der Waals surface area contributed by atoms with E-state index in [0.717, 1.165) is 31.2 Å². The highest BCUT2D eigenvalue weighted by atomic mass is 19.1. The maximum Gasteiger partial charge on any atom is 0.139 e. The number of unbranched alkanes of at least 4 members (excludes halogenated alkanes) is 1. The fraction of sp³-hybridized carbons (Fsp3) is 0.444. The minimum atomic E-state index is -0.235. The Morgan fingerprint density at radius 2 is 2.15 bits per heavy atom. The van der Waals surface area contributed by atoms with E-state index in [2.05, 4.69) is 31.8 Å². The molecule has 0 aliphatic rings. The van der Waals surface area contributed by atoms with Gasteiger partial charge in [0.15, 0.2) is 0 Å². The van der Waals surface area contributed by atoms with E-state index in [-0.39, 0.29) is 5.82 Å². The lowest BCUT2D eigenvalue weighted by Gasteiger charge is -2.07. The highest BCUT2D eigenvalue weighted by molar-refractivity contribution is 5.66. The monoisotopic (exact) mass is 273 g/mol. The molecule has 0 radical (unpaired) electrons. The van der Waals surface area contributed by atoms with Crippen LogP contribution in [0.3, 0.4) is 0 Å². The van der Waals surface area contributed by atoms with Crippen molar-refractivity contribution in [2.75, 3.05) is 6.54 Å². The zero-order valence-corrected chi connectivity index (χ0v) is 12.5. The van der Waals surface area contributed by atoms with Crippen LogP contribution in [-0.2, 0) is 0 Å². The molecule has 0 aliphatic heterocycles. The standard InChI is InChI=1S/C18H24FN/c1-3-8-15(9-4-2)17-12-11-16(18(19)14-17)10-6-5-7-13-20/h8,11-12,14H,3-5,7,9,13,20H2,1-2H3/b15-8+. The molecule has 0 saturated carbocycles. The van der Waals surface area contributed by atoms with E-state index in [0.29, 0.717) is 18.5 Å². The number of hydrogen-bond donors (Lipinski definition) is 1. The lowest BCUT2D eigenvalue weighted by molar-refractivity contribution is 0.623. The van der Waals surface area contributed by atoms with Crippen LogP contribution in [-0.4, -0.2) is 6.54 Å². The first-order chi connectivity index (χ1) is 9.72. The molecule has 1 aromatic carbocycles. The molecule has 1 rings (SSSR count). The summed E-state index contributed by atoms with van der Waals surface area (Å²) >= 11 is 0. The van der Waals surface area contributed by atoms with Crippen LogP contribution in [0.15, 0.2) is 24.3 Å². The molecule has 108 valence electrons. The van der Waals surface area contributed by atoms with Gasteiger partial charge in [-0.3, -0.25) is 0 Å². The van der Waals surface area contributed by atoms with Crippen molar-refractivity contribution >= 4 is 5.57 Å². The van der Waals surface area contributed by atoms with Crippen LogP contribution in [0.1, 0.15) is 57.1 Å². The fourth-order valence-electron chi connectivity index (χ4n) is 2.04. The first-order valence-corrected chi connectivity index (χ1v) is 7.40. The van der Waals surface area contributed by atoms with Crippen molar-refractivity contribution < 1.29 is 4.39 Å². The van der Waals surface area contributed by atoms with Crippen LogP contribution in [0.25, 0.3) is 5.57 Å². The third-order valence-corrected chi connectivity index (χ3v) is 3.04. The Kier molecular flexibility index (Phi) is 7.69. The second-order valence-corrected chi connectivity index (χ2v) is 4.78. The zero-order chi connectivity index (χ0) is 14.8. The van der Waals surface area contributed by atoms with Crippen molar-refractivity contribution in [3.63, 3.8) is 0 Å². The van der Waals surface area contributed by atoms with Crippen molar-refractivity contribution in [3.05, 3.63) is 41.2 Å². The van der Waals surface area contributed by atoms with E-state index < -0.39 is 0 Å². The molecule has 1 nitrogen and oxygen atoms in total. The summed E-state index contributed by atoms with van der Waals surface area (Å²) in [5, 5.41) is 0. The summed E-state index contributed by atoms with van der Waals surface area (Å²) in [7, 11) is 0. The Morgan fingerprint density at radius 1 is 1.35 bits per heavy atom. The van der Waals surface area contributed by atoms with Crippen LogP contribution in [0, 0.1) is 17.7 Å². The minimum Gasteiger partial charge on any atom is -0.330 e. The van der Waals surface area contributed by atoms with E-state index in [1.807, 2.05) is 6.07 Å². The second kappa shape index (κ2) is 9.34. The molecule has 0 fully saturated rings. The van der Waals surface area contributed by atoms with Gasteiger partial charge >= 0.3 is 0 Å². The number of benzene rings is 1. The van der Waals surface area contributed by atoms with Crippen molar-refractivity contribution in [2.45, 2.75) is 46.0 Å². The normalized spacial score (nSPS) is 11.1. The molecular formula is C18H24FN. The Balaban J connectivity index is 2.90. The van der Waals surface area contributed by atoms with Crippen LogP contribution in [0.5, 0.6) is 0 Å². The predicted molar refractivity (Wildman–Crippen MR) is 84.7 cm³/mol. The number of allylic oxidation sites excluding steroid dienone is 2. The average Bonchev–Trinajstić information content (AvgIpc) is 2.45. The molecule has 0 atom stereocenters. The minimum absolute atomic E-state index is 0.235. The Bertz CT molecular complexity index is 506. The van der Waals surface area contributed by atoms with Gasteiger partial charge in [0.1, 0.15) is 5.82 Å². The Hall–Kier alpha value is -1.59. The molecule has 0 bridgehead atoms. The molecule has 0 unspecified atom stereocenters. The molecule has 2 heteroatoms. The summed E-state index contributed by atoms with van der Waals surface area (Å²) in [5.41, 5.74) is 8.06. The van der Waals surface area contributed by atoms with Crippen molar-refractivity contribution in [2.24, 2.45) is 5.73 Å². The van der Waals surface area contributed by atoms with Gasteiger partial charge in [-0.1, -0.05) is 44.3 Å². The van der Waals surface area contributed by atoms with Crippen molar-refractivity contribution in [1.29, 1.82) is 0 Å². The van der Waals surface area contributed by atoms with Gasteiger partial charge < -0.3 is 5.73 Å². The van der Waals surface area contributed by atoms with Crippen LogP contribution < -0.4 is 5.73 Å². The van der Waals surface area contributed by atoms with Crippen LogP contribution >= 0.6 is 0 Å². The quantitative estimate of drug-likeness (QED) is 0.599. The molecule has 0 heterocycles. The maximum atomic E-state index is 14.0. The SMILES string of the molecule is CC/C=C(\CCC)c1ccc(C#CCCCN)c(F)c1. The first-order valence-electron chi connectivity index (χ1n) is 7.40. The predicted octanol–water partition coefficient (Wildman–Crippen LogP) is 4.51. The molecule has 1 aromatic rings. The van der Waals surface area contributed by atoms with Gasteiger partial charge in [-0.05, 0) is 49.1 Å². The lowest BCUT2D eigenvalue weighted by atomic mass is 9.99. The van der Waals surface area contributed by atoms with Gasteiger partial charge in [-0.2, -0.15) is 0 Å². The summed E-state index contributed by atoms with van der Waals surface area (Å²) < 4.78 is 14.0. The summed E-state index contributed by atoms with van der Waals surface area (Å²) in [6.07, 6.45) is 6.76. The van der Waals surface area contributed by atoms with E-state index in [4.69, 9.17) is 5.73 Å². The molecular weight excluding hydrogens is 249 g/mol. The Labute approximate surface area is 122 Å². The third kappa shape index (κ3) is 5.19. The summed E-state index contributed by atoms with van der Waals surface area (Å²) in [6.45, 7) is 4.86. The van der Waals surface area contributed by atoms with Gasteiger partial charge in [-0.15, -0.1) is 0 Å². The molecule has 0 aliphatic carbocycles. The second-order valence-electron chi connectivity index (χ2n) is 4.78. The molecule has 0 amide bonds.